The molecule has 5 bridgehead atoms. The van der Waals surface area contributed by atoms with Crippen molar-refractivity contribution in [3.63, 3.8) is 0 Å². The summed E-state index contributed by atoms with van der Waals surface area (Å²) in [5.41, 5.74) is 2.51. The number of likely N-dealkylation sites (N-methyl/N-ethyl adjacent to an activating group) is 1. The van der Waals surface area contributed by atoms with Crippen LogP contribution < -0.4 is 4.90 Å². The van der Waals surface area contributed by atoms with E-state index in [0.717, 1.165) is 19.3 Å². The zero-order valence-corrected chi connectivity index (χ0v) is 14.3. The van der Waals surface area contributed by atoms with Crippen LogP contribution in [-0.4, -0.2) is 52.6 Å². The van der Waals surface area contributed by atoms with Crippen LogP contribution >= 0.6 is 0 Å². The fourth-order valence-corrected chi connectivity index (χ4v) is 7.88. The van der Waals surface area contributed by atoms with Crippen LogP contribution in [0.15, 0.2) is 24.3 Å². The smallest absolute Gasteiger partial charge is 0.111 e. The predicted molar refractivity (Wildman–Crippen MR) is 91.7 cm³/mol. The van der Waals surface area contributed by atoms with E-state index < -0.39 is 0 Å². The van der Waals surface area contributed by atoms with Gasteiger partial charge in [0.25, 0.3) is 0 Å². The molecule has 4 heteroatoms. The maximum absolute atomic E-state index is 11.6. The highest BCUT2D eigenvalue weighted by Crippen LogP contribution is 2.68. The van der Waals surface area contributed by atoms with Crippen molar-refractivity contribution in [3.8, 4) is 0 Å². The van der Waals surface area contributed by atoms with Gasteiger partial charge in [-0.05, 0) is 36.8 Å². The minimum atomic E-state index is -0.319. The SMILES string of the molecule is CCC1C2C[C@H]3[C@@H]4N(C)c5ccccc5[C@@]45CC(C2C5O)N3C1O. The third-order valence-corrected chi connectivity index (χ3v) is 8.46. The number of aliphatic hydroxyl groups excluding tert-OH is 2. The van der Waals surface area contributed by atoms with Crippen LogP contribution in [0.1, 0.15) is 31.7 Å². The van der Waals surface area contributed by atoms with E-state index in [-0.39, 0.29) is 17.7 Å². The van der Waals surface area contributed by atoms with E-state index in [4.69, 9.17) is 0 Å². The highest BCUT2D eigenvalue weighted by atomic mass is 16.3. The van der Waals surface area contributed by atoms with Crippen LogP contribution in [0.3, 0.4) is 0 Å². The van der Waals surface area contributed by atoms with Crippen molar-refractivity contribution in [3.05, 3.63) is 29.8 Å². The van der Waals surface area contributed by atoms with Gasteiger partial charge in [0.15, 0.2) is 0 Å². The van der Waals surface area contributed by atoms with E-state index in [2.05, 4.69) is 48.0 Å². The molecule has 0 radical (unpaired) electrons. The Labute approximate surface area is 143 Å². The van der Waals surface area contributed by atoms with E-state index in [1.165, 1.54) is 11.3 Å². The van der Waals surface area contributed by atoms with Gasteiger partial charge in [0.2, 0.25) is 0 Å². The lowest BCUT2D eigenvalue weighted by Gasteiger charge is -2.62. The topological polar surface area (TPSA) is 46.9 Å². The zero-order chi connectivity index (χ0) is 16.4. The number of nitrogens with zero attached hydrogens (tertiary/aromatic N) is 2. The summed E-state index contributed by atoms with van der Waals surface area (Å²) < 4.78 is 0. The van der Waals surface area contributed by atoms with E-state index in [0.29, 0.717) is 35.9 Å². The minimum absolute atomic E-state index is 0.126. The average molecular weight is 326 g/mol. The minimum Gasteiger partial charge on any atom is -0.392 e. The molecule has 7 unspecified atom stereocenters. The van der Waals surface area contributed by atoms with Crippen molar-refractivity contribution >= 4 is 5.69 Å². The molecule has 6 aliphatic rings. The Kier molecular flexibility index (Phi) is 2.45. The van der Waals surface area contributed by atoms with Gasteiger partial charge >= 0.3 is 0 Å². The molecule has 10 atom stereocenters. The highest BCUT2D eigenvalue weighted by Gasteiger charge is 2.76. The summed E-state index contributed by atoms with van der Waals surface area (Å²) in [5.74, 6) is 1.14. The van der Waals surface area contributed by atoms with Gasteiger partial charge < -0.3 is 15.1 Å². The van der Waals surface area contributed by atoms with Crippen LogP contribution in [-0.2, 0) is 5.41 Å². The van der Waals surface area contributed by atoms with E-state index >= 15 is 0 Å². The first kappa shape index (κ1) is 14.1. The molecule has 4 nitrogen and oxygen atoms in total. The van der Waals surface area contributed by atoms with E-state index in [1.807, 2.05) is 0 Å². The lowest BCUT2D eigenvalue weighted by Crippen LogP contribution is -2.72. The lowest BCUT2D eigenvalue weighted by atomic mass is 9.62. The molecule has 0 aromatic heterocycles. The Balaban J connectivity index is 1.60. The summed E-state index contributed by atoms with van der Waals surface area (Å²) in [6, 6.07) is 9.70. The Morgan fingerprint density at radius 3 is 2.79 bits per heavy atom. The van der Waals surface area contributed by atoms with Gasteiger partial charge in [0.1, 0.15) is 6.23 Å². The molecule has 5 aliphatic heterocycles. The third-order valence-electron chi connectivity index (χ3n) is 8.46. The molecule has 128 valence electrons. The van der Waals surface area contributed by atoms with Gasteiger partial charge in [-0.1, -0.05) is 25.1 Å². The normalized spacial score (nSPS) is 55.8. The van der Waals surface area contributed by atoms with Crippen LogP contribution in [0.4, 0.5) is 5.69 Å². The summed E-state index contributed by atoms with van der Waals surface area (Å²) in [4.78, 5) is 4.83. The number of para-hydroxylation sites is 1. The first-order valence-corrected chi connectivity index (χ1v) is 9.57. The fourth-order valence-electron chi connectivity index (χ4n) is 7.88. The number of benzene rings is 1. The molecular weight excluding hydrogens is 300 g/mol. The maximum Gasteiger partial charge on any atom is 0.111 e. The number of rotatable bonds is 1. The largest absolute Gasteiger partial charge is 0.392 e. The summed E-state index contributed by atoms with van der Waals surface area (Å²) in [6.45, 7) is 2.19. The highest BCUT2D eigenvalue weighted by molar-refractivity contribution is 5.67. The number of anilines is 1. The molecule has 1 aromatic carbocycles. The zero-order valence-electron chi connectivity index (χ0n) is 14.3. The second-order valence-corrected chi connectivity index (χ2v) is 8.81. The molecule has 5 fully saturated rings. The Morgan fingerprint density at radius 2 is 2.00 bits per heavy atom. The van der Waals surface area contributed by atoms with Gasteiger partial charge in [-0.25, -0.2) is 0 Å². The van der Waals surface area contributed by atoms with Crippen molar-refractivity contribution in [1.29, 1.82) is 0 Å². The molecule has 1 saturated carbocycles. The van der Waals surface area contributed by atoms with Crippen molar-refractivity contribution in [1.82, 2.24) is 4.90 Å². The van der Waals surface area contributed by atoms with E-state index in [1.54, 1.807) is 0 Å². The second-order valence-electron chi connectivity index (χ2n) is 8.81. The molecule has 0 amide bonds. The second kappa shape index (κ2) is 4.17. The van der Waals surface area contributed by atoms with E-state index in [9.17, 15) is 10.2 Å². The molecule has 4 saturated heterocycles. The molecule has 1 aromatic rings. The number of piperidine rings is 4. The third kappa shape index (κ3) is 1.20. The van der Waals surface area contributed by atoms with Crippen molar-refractivity contribution in [2.45, 2.75) is 62.1 Å². The predicted octanol–water partition coefficient (Wildman–Crippen LogP) is 1.55. The monoisotopic (exact) mass is 326 g/mol. The van der Waals surface area contributed by atoms with Crippen LogP contribution in [0, 0.1) is 17.8 Å². The molecular formula is C20H26N2O2. The van der Waals surface area contributed by atoms with Crippen molar-refractivity contribution in [2.75, 3.05) is 11.9 Å². The number of hydrogen-bond acceptors (Lipinski definition) is 4. The fraction of sp³-hybridized carbons (Fsp3) is 0.700. The summed E-state index contributed by atoms with van der Waals surface area (Å²) in [5, 5.41) is 22.6. The molecule has 5 heterocycles. The van der Waals surface area contributed by atoms with Gasteiger partial charge in [0.05, 0.1) is 12.1 Å². The number of fused-ring (bicyclic) bond motifs is 2. The maximum atomic E-state index is 11.6. The van der Waals surface area contributed by atoms with Crippen molar-refractivity contribution in [2.24, 2.45) is 17.8 Å². The number of hydrogen-bond donors (Lipinski definition) is 2. The first-order chi connectivity index (χ1) is 11.6. The van der Waals surface area contributed by atoms with Gasteiger partial charge in [-0.3, -0.25) is 4.90 Å². The van der Waals surface area contributed by atoms with Crippen LogP contribution in [0.5, 0.6) is 0 Å². The molecule has 7 rings (SSSR count). The van der Waals surface area contributed by atoms with Crippen LogP contribution in [0.2, 0.25) is 0 Å². The Hall–Kier alpha value is -1.10. The Bertz CT molecular complexity index is 723. The summed E-state index contributed by atoms with van der Waals surface area (Å²) in [6.07, 6.45) is 2.56. The lowest BCUT2D eigenvalue weighted by molar-refractivity contribution is -0.211. The molecule has 1 aliphatic carbocycles. The standard InChI is InChI=1S/C20H26N2O2/c1-3-10-11-8-14-17-20(12-6-4-5-7-13(12)21(17)2)9-15(16(11)18(20)23)22(14)19(10)24/h4-7,10-11,14-19,23-24H,3,8-9H2,1-2H3/t10?,11?,14-,15?,16?,17-,18?,19?,20-/m0/s1. The average Bonchev–Trinajstić information content (AvgIpc) is 2.97. The quantitative estimate of drug-likeness (QED) is 0.822. The molecule has 2 N–H and O–H groups in total. The van der Waals surface area contributed by atoms with Crippen molar-refractivity contribution < 1.29 is 10.2 Å². The van der Waals surface area contributed by atoms with Gasteiger partial charge in [-0.2, -0.15) is 0 Å². The number of aliphatic hydroxyl groups is 2. The summed E-state index contributed by atoms with van der Waals surface area (Å²) >= 11 is 0. The molecule has 1 spiro atoms. The van der Waals surface area contributed by atoms with Crippen LogP contribution in [0.25, 0.3) is 0 Å². The van der Waals surface area contributed by atoms with Gasteiger partial charge in [0, 0.05) is 42.1 Å². The summed E-state index contributed by atoms with van der Waals surface area (Å²) in [7, 11) is 2.19. The Morgan fingerprint density at radius 1 is 1.21 bits per heavy atom. The molecule has 24 heavy (non-hydrogen) atoms. The van der Waals surface area contributed by atoms with Gasteiger partial charge in [-0.15, -0.1) is 0 Å². The first-order valence-electron chi connectivity index (χ1n) is 9.57.